The first-order valence-electron chi connectivity index (χ1n) is 9.87. The Morgan fingerprint density at radius 3 is 2.71 bits per heavy atom. The third-order valence-electron chi connectivity index (χ3n) is 6.23. The largest absolute Gasteiger partial charge is 0.385 e. The standard InChI is InChI=1S/C21H21ClN4O4S/c1-31(29,30)26-13-4-2-3-11(5-13)20(27)24-19-14-8-21(28,9-15(14)19)17-6-12(22)7-18-16(17)10-23-25-18/h2-7,10,14-15,19,26,28H,8-9H2,1H3,(H,23,25)(H,24,27)/t14-,15+,19-,21+. The molecule has 0 bridgehead atoms. The summed E-state index contributed by atoms with van der Waals surface area (Å²) in [5.41, 5.74) is 1.25. The third kappa shape index (κ3) is 3.77. The number of nitrogens with one attached hydrogen (secondary N) is 3. The monoisotopic (exact) mass is 460 g/mol. The molecule has 2 fully saturated rings. The van der Waals surface area contributed by atoms with Gasteiger partial charge in [0.05, 0.1) is 23.6 Å². The SMILES string of the molecule is CS(=O)(=O)Nc1cccc(C(=O)N[C@@H]2[C@@H]3C[C@@](O)(c4cc(Cl)cc5[nH]ncc45)C[C@@H]32)c1. The fourth-order valence-corrected chi connectivity index (χ4v) is 5.65. The van der Waals surface area contributed by atoms with Gasteiger partial charge in [0, 0.05) is 27.7 Å². The lowest BCUT2D eigenvalue weighted by Gasteiger charge is -2.27. The van der Waals surface area contributed by atoms with Crippen LogP contribution in [0.2, 0.25) is 5.02 Å². The second-order valence-corrected chi connectivity index (χ2v) is 10.7. The minimum atomic E-state index is -3.42. The Labute approximate surface area is 184 Å². The van der Waals surface area contributed by atoms with Crippen LogP contribution >= 0.6 is 11.6 Å². The maximum Gasteiger partial charge on any atom is 0.251 e. The van der Waals surface area contributed by atoms with Gasteiger partial charge in [-0.05, 0) is 60.6 Å². The van der Waals surface area contributed by atoms with E-state index < -0.39 is 15.6 Å². The molecule has 0 aliphatic heterocycles. The molecular weight excluding hydrogens is 440 g/mol. The fraction of sp³-hybridized carbons (Fsp3) is 0.333. The molecular formula is C21H21ClN4O4S. The summed E-state index contributed by atoms with van der Waals surface area (Å²) in [7, 11) is -3.42. The summed E-state index contributed by atoms with van der Waals surface area (Å²) in [6, 6.07) is 9.92. The molecule has 31 heavy (non-hydrogen) atoms. The first-order valence-corrected chi connectivity index (χ1v) is 12.1. The van der Waals surface area contributed by atoms with Gasteiger partial charge in [0.25, 0.3) is 5.91 Å². The molecule has 0 radical (unpaired) electrons. The number of H-pyrrole nitrogens is 1. The number of halogens is 1. The van der Waals surface area contributed by atoms with E-state index in [1.165, 1.54) is 6.07 Å². The number of benzene rings is 2. The van der Waals surface area contributed by atoms with Crippen LogP contribution in [0, 0.1) is 11.8 Å². The molecule has 0 saturated heterocycles. The summed E-state index contributed by atoms with van der Waals surface area (Å²) in [6.45, 7) is 0. The zero-order valence-electron chi connectivity index (χ0n) is 16.6. The molecule has 0 spiro atoms. The first-order chi connectivity index (χ1) is 14.6. The number of hydrogen-bond donors (Lipinski definition) is 4. The molecule has 1 aromatic heterocycles. The van der Waals surface area contributed by atoms with Crippen LogP contribution in [0.4, 0.5) is 5.69 Å². The molecule has 10 heteroatoms. The van der Waals surface area contributed by atoms with Gasteiger partial charge in [-0.15, -0.1) is 0 Å². The molecule has 162 valence electrons. The predicted molar refractivity (Wildman–Crippen MR) is 117 cm³/mol. The molecule has 2 aliphatic rings. The van der Waals surface area contributed by atoms with Gasteiger partial charge in [-0.2, -0.15) is 5.10 Å². The molecule has 2 aromatic carbocycles. The Balaban J connectivity index is 1.28. The minimum absolute atomic E-state index is 0.0154. The number of amides is 1. The van der Waals surface area contributed by atoms with E-state index in [1.807, 2.05) is 0 Å². The first kappa shape index (κ1) is 20.3. The predicted octanol–water partition coefficient (Wildman–Crippen LogP) is 2.61. The Bertz CT molecular complexity index is 1290. The lowest BCUT2D eigenvalue weighted by Crippen LogP contribution is -2.33. The van der Waals surface area contributed by atoms with Crippen molar-refractivity contribution in [1.29, 1.82) is 0 Å². The Hall–Kier alpha value is -2.62. The number of aromatic nitrogens is 2. The molecule has 5 rings (SSSR count). The van der Waals surface area contributed by atoms with Gasteiger partial charge in [-0.3, -0.25) is 14.6 Å². The summed E-state index contributed by atoms with van der Waals surface area (Å²) in [6.07, 6.45) is 3.81. The van der Waals surface area contributed by atoms with Crippen LogP contribution < -0.4 is 10.0 Å². The molecule has 8 nitrogen and oxygen atoms in total. The number of rotatable bonds is 5. The molecule has 0 unspecified atom stereocenters. The van der Waals surface area contributed by atoms with E-state index in [2.05, 4.69) is 20.2 Å². The van der Waals surface area contributed by atoms with Gasteiger partial charge in [0.15, 0.2) is 0 Å². The Kier molecular flexibility index (Phi) is 4.55. The van der Waals surface area contributed by atoms with Crippen molar-refractivity contribution >= 4 is 44.1 Å². The highest BCUT2D eigenvalue weighted by atomic mass is 35.5. The molecule has 2 aliphatic carbocycles. The number of anilines is 1. The minimum Gasteiger partial charge on any atom is -0.385 e. The van der Waals surface area contributed by atoms with E-state index in [4.69, 9.17) is 11.6 Å². The van der Waals surface area contributed by atoms with E-state index >= 15 is 0 Å². The molecule has 3 aromatic rings. The van der Waals surface area contributed by atoms with Gasteiger partial charge >= 0.3 is 0 Å². The average Bonchev–Trinajstić information content (AvgIpc) is 3.04. The summed E-state index contributed by atoms with van der Waals surface area (Å²) in [5.74, 6) is 0.0829. The number of aliphatic hydroxyl groups is 1. The number of sulfonamides is 1. The summed E-state index contributed by atoms with van der Waals surface area (Å²) >= 11 is 6.23. The van der Waals surface area contributed by atoms with Crippen molar-refractivity contribution in [2.75, 3.05) is 11.0 Å². The molecule has 2 saturated carbocycles. The molecule has 4 atom stereocenters. The van der Waals surface area contributed by atoms with Crippen LogP contribution in [0.15, 0.2) is 42.6 Å². The highest BCUT2D eigenvalue weighted by Crippen LogP contribution is 2.60. The van der Waals surface area contributed by atoms with Crippen molar-refractivity contribution < 1.29 is 18.3 Å². The summed E-state index contributed by atoms with van der Waals surface area (Å²) in [5, 5.41) is 22.7. The van der Waals surface area contributed by atoms with Crippen LogP contribution in [0.1, 0.15) is 28.8 Å². The van der Waals surface area contributed by atoms with Crippen molar-refractivity contribution in [2.24, 2.45) is 11.8 Å². The molecule has 1 amide bonds. The van der Waals surface area contributed by atoms with E-state index in [0.29, 0.717) is 29.1 Å². The average molecular weight is 461 g/mol. The number of carbonyl (C=O) groups excluding carboxylic acids is 1. The van der Waals surface area contributed by atoms with Gasteiger partial charge in [0.1, 0.15) is 0 Å². The second-order valence-electron chi connectivity index (χ2n) is 8.51. The third-order valence-corrected chi connectivity index (χ3v) is 7.05. The zero-order chi connectivity index (χ0) is 22.0. The quantitative estimate of drug-likeness (QED) is 0.466. The van der Waals surface area contributed by atoms with E-state index in [-0.39, 0.29) is 23.8 Å². The normalized spacial score (nSPS) is 27.1. The van der Waals surface area contributed by atoms with E-state index in [0.717, 1.165) is 22.7 Å². The Morgan fingerprint density at radius 2 is 2.00 bits per heavy atom. The van der Waals surface area contributed by atoms with Gasteiger partial charge in [-0.1, -0.05) is 17.7 Å². The second kappa shape index (κ2) is 6.94. The topological polar surface area (TPSA) is 124 Å². The Morgan fingerprint density at radius 1 is 1.26 bits per heavy atom. The van der Waals surface area contributed by atoms with E-state index in [1.54, 1.807) is 36.5 Å². The van der Waals surface area contributed by atoms with Crippen molar-refractivity contribution in [1.82, 2.24) is 15.5 Å². The number of nitrogens with zero attached hydrogens (tertiary/aromatic N) is 1. The lowest BCUT2D eigenvalue weighted by molar-refractivity contribution is 0.0293. The van der Waals surface area contributed by atoms with E-state index in [9.17, 15) is 18.3 Å². The van der Waals surface area contributed by atoms with Gasteiger partial charge in [0.2, 0.25) is 10.0 Å². The maximum atomic E-state index is 12.7. The number of hydrogen-bond acceptors (Lipinski definition) is 5. The van der Waals surface area contributed by atoms with Crippen molar-refractivity contribution in [3.63, 3.8) is 0 Å². The van der Waals surface area contributed by atoms with Crippen LogP contribution in [0.25, 0.3) is 10.9 Å². The number of aromatic amines is 1. The fourth-order valence-electron chi connectivity index (χ4n) is 4.87. The number of fused-ring (bicyclic) bond motifs is 2. The van der Waals surface area contributed by atoms with Gasteiger partial charge in [-0.25, -0.2) is 8.42 Å². The van der Waals surface area contributed by atoms with Crippen LogP contribution in [-0.4, -0.2) is 41.9 Å². The van der Waals surface area contributed by atoms with Crippen molar-refractivity contribution in [3.05, 3.63) is 58.7 Å². The van der Waals surface area contributed by atoms with Crippen LogP contribution in [0.3, 0.4) is 0 Å². The van der Waals surface area contributed by atoms with Crippen LogP contribution in [0.5, 0.6) is 0 Å². The lowest BCUT2D eigenvalue weighted by atomic mass is 9.86. The highest BCUT2D eigenvalue weighted by Gasteiger charge is 2.62. The smallest absolute Gasteiger partial charge is 0.251 e. The molecule has 4 N–H and O–H groups in total. The maximum absolute atomic E-state index is 12.7. The van der Waals surface area contributed by atoms with Crippen LogP contribution in [-0.2, 0) is 15.6 Å². The number of carbonyl (C=O) groups is 1. The summed E-state index contributed by atoms with van der Waals surface area (Å²) in [4.78, 5) is 12.7. The summed E-state index contributed by atoms with van der Waals surface area (Å²) < 4.78 is 25.2. The highest BCUT2D eigenvalue weighted by molar-refractivity contribution is 7.92. The molecule has 1 heterocycles. The van der Waals surface area contributed by atoms with Crippen molar-refractivity contribution in [3.8, 4) is 0 Å². The zero-order valence-corrected chi connectivity index (χ0v) is 18.2. The van der Waals surface area contributed by atoms with Crippen molar-refractivity contribution in [2.45, 2.75) is 24.5 Å². The van der Waals surface area contributed by atoms with Gasteiger partial charge < -0.3 is 10.4 Å².